The molecule has 1 N–H and O–H groups in total. The number of imidazole rings is 1. The van der Waals surface area contributed by atoms with Gasteiger partial charge in [0.1, 0.15) is 34.6 Å². The summed E-state index contributed by atoms with van der Waals surface area (Å²) in [6.45, 7) is 2.04. The van der Waals surface area contributed by atoms with Gasteiger partial charge in [0.15, 0.2) is 23.8 Å². The summed E-state index contributed by atoms with van der Waals surface area (Å²) in [6, 6.07) is 0.440. The third-order valence-electron chi connectivity index (χ3n) is 4.37. The Hall–Kier alpha value is -3.12. The molecule has 156 valence electrons. The van der Waals surface area contributed by atoms with Crippen LogP contribution < -0.4 is 5.32 Å². The molecule has 0 spiro atoms. The number of aromatic nitrogens is 5. The highest BCUT2D eigenvalue weighted by Crippen LogP contribution is 2.28. The lowest BCUT2D eigenvalue weighted by Gasteiger charge is -2.11. The first-order chi connectivity index (χ1) is 14.4. The number of hydrogen-bond donors (Lipinski definition) is 1. The molecule has 0 bridgehead atoms. The maximum absolute atomic E-state index is 14.3. The smallest absolute Gasteiger partial charge is 0.255 e. The van der Waals surface area contributed by atoms with Crippen LogP contribution in [0.5, 0.6) is 0 Å². The lowest BCUT2D eigenvalue weighted by Crippen LogP contribution is -2.35. The van der Waals surface area contributed by atoms with Crippen LogP contribution in [0.1, 0.15) is 17.3 Å². The van der Waals surface area contributed by atoms with Gasteiger partial charge in [-0.2, -0.15) is 0 Å². The lowest BCUT2D eigenvalue weighted by atomic mass is 10.2. The van der Waals surface area contributed by atoms with Crippen LogP contribution in [0.4, 0.5) is 12.7 Å². The van der Waals surface area contributed by atoms with E-state index in [1.54, 1.807) is 6.92 Å². The van der Waals surface area contributed by atoms with Gasteiger partial charge in [-0.3, -0.25) is 4.79 Å². The molecule has 0 saturated carbocycles. The number of nitrogens with zero attached hydrogens (tertiary/aromatic N) is 5. The Morgan fingerprint density at radius 1 is 1.33 bits per heavy atom. The summed E-state index contributed by atoms with van der Waals surface area (Å²) in [5.41, 5.74) is 0.582. The summed E-state index contributed by atoms with van der Waals surface area (Å²) in [4.78, 5) is 25.3. The molecule has 0 aromatic carbocycles. The van der Waals surface area contributed by atoms with Crippen molar-refractivity contribution in [2.75, 3.05) is 13.7 Å². The number of nitrogens with one attached hydrogen (secondary N) is 1. The number of fused-ring (bicyclic) bond motifs is 2. The van der Waals surface area contributed by atoms with Crippen LogP contribution in [0, 0.1) is 11.6 Å². The van der Waals surface area contributed by atoms with Gasteiger partial charge in [-0.15, -0.1) is 3.89 Å². The number of rotatable bonds is 6. The van der Waals surface area contributed by atoms with Crippen LogP contribution in [0.2, 0.25) is 0 Å². The molecule has 4 aromatic heterocycles. The van der Waals surface area contributed by atoms with E-state index >= 15 is 0 Å². The molecule has 1 amide bonds. The number of carbonyl (C=O) groups is 1. The van der Waals surface area contributed by atoms with Gasteiger partial charge in [-0.25, -0.2) is 27.7 Å². The SMILES string of the molecule is COCC(C)NC(=O)c1cn(SF)c2ncc(-c3ncn4cc(F)cc(F)c34)nc12. The molecule has 0 fully saturated rings. The fraction of sp³-hybridized carbons (Fsp3) is 0.222. The maximum atomic E-state index is 14.3. The van der Waals surface area contributed by atoms with Gasteiger partial charge in [-0.1, -0.05) is 0 Å². The molecule has 1 atom stereocenters. The molecule has 4 aromatic rings. The minimum atomic E-state index is -0.826. The lowest BCUT2D eigenvalue weighted by molar-refractivity contribution is 0.0907. The molecule has 0 aliphatic rings. The third kappa shape index (κ3) is 3.48. The van der Waals surface area contributed by atoms with Crippen LogP contribution in [0.3, 0.4) is 0 Å². The van der Waals surface area contributed by atoms with Crippen LogP contribution in [-0.4, -0.2) is 49.0 Å². The number of ether oxygens (including phenoxy) is 1. The van der Waals surface area contributed by atoms with Crippen LogP contribution in [-0.2, 0) is 4.74 Å². The third-order valence-corrected chi connectivity index (χ3v) is 4.79. The van der Waals surface area contributed by atoms with Crippen molar-refractivity contribution in [1.82, 2.24) is 28.6 Å². The van der Waals surface area contributed by atoms with E-state index in [1.807, 2.05) is 0 Å². The number of methoxy groups -OCH3 is 1. The predicted octanol–water partition coefficient (Wildman–Crippen LogP) is 3.17. The van der Waals surface area contributed by atoms with Gasteiger partial charge in [0, 0.05) is 31.6 Å². The zero-order chi connectivity index (χ0) is 21.4. The predicted molar refractivity (Wildman–Crippen MR) is 105 cm³/mol. The number of amides is 1. The molecule has 0 saturated heterocycles. The van der Waals surface area contributed by atoms with Crippen molar-refractivity contribution >= 4 is 34.9 Å². The Kier molecular flexibility index (Phi) is 5.35. The highest BCUT2D eigenvalue weighted by Gasteiger charge is 2.22. The fourth-order valence-corrected chi connectivity index (χ4v) is 3.48. The normalized spacial score (nSPS) is 12.6. The van der Waals surface area contributed by atoms with Crippen molar-refractivity contribution in [3.05, 3.63) is 48.2 Å². The highest BCUT2D eigenvalue weighted by molar-refractivity contribution is 7.92. The second-order valence-electron chi connectivity index (χ2n) is 6.55. The van der Waals surface area contributed by atoms with Gasteiger partial charge < -0.3 is 14.5 Å². The van der Waals surface area contributed by atoms with Crippen molar-refractivity contribution in [3.63, 3.8) is 0 Å². The summed E-state index contributed by atoms with van der Waals surface area (Å²) in [7, 11) is 1.51. The Bertz CT molecular complexity index is 1260. The van der Waals surface area contributed by atoms with Crippen molar-refractivity contribution in [2.45, 2.75) is 13.0 Å². The molecule has 1 unspecified atom stereocenters. The van der Waals surface area contributed by atoms with E-state index in [-0.39, 0.29) is 58.6 Å². The van der Waals surface area contributed by atoms with E-state index < -0.39 is 17.5 Å². The van der Waals surface area contributed by atoms with Crippen LogP contribution >= 0.6 is 12.3 Å². The molecule has 8 nitrogen and oxygen atoms in total. The second kappa shape index (κ2) is 7.95. The van der Waals surface area contributed by atoms with Gasteiger partial charge in [0.25, 0.3) is 5.91 Å². The van der Waals surface area contributed by atoms with Crippen LogP contribution in [0.25, 0.3) is 28.1 Å². The topological polar surface area (TPSA) is 86.3 Å². The Labute approximate surface area is 172 Å². The largest absolute Gasteiger partial charge is 0.383 e. The first-order valence-electron chi connectivity index (χ1n) is 8.72. The maximum Gasteiger partial charge on any atom is 0.255 e. The van der Waals surface area contributed by atoms with E-state index in [0.717, 1.165) is 16.2 Å². The quantitative estimate of drug-likeness (QED) is 0.500. The average molecular weight is 436 g/mol. The number of pyridine rings is 1. The Morgan fingerprint density at radius 3 is 2.87 bits per heavy atom. The van der Waals surface area contributed by atoms with E-state index in [2.05, 4.69) is 20.3 Å². The molecular formula is C18H15F3N6O2S. The number of hydrogen-bond acceptors (Lipinski definition) is 6. The molecule has 0 radical (unpaired) electrons. The molecule has 0 aliphatic carbocycles. The molecule has 12 heteroatoms. The summed E-state index contributed by atoms with van der Waals surface area (Å²) >= 11 is -0.136. The summed E-state index contributed by atoms with van der Waals surface area (Å²) in [6.07, 6.45) is 4.88. The second-order valence-corrected chi connectivity index (χ2v) is 7.08. The summed E-state index contributed by atoms with van der Waals surface area (Å²) in [5, 5.41) is 2.73. The van der Waals surface area contributed by atoms with E-state index in [0.29, 0.717) is 0 Å². The van der Waals surface area contributed by atoms with E-state index in [9.17, 15) is 17.5 Å². The average Bonchev–Trinajstić information content (AvgIpc) is 3.29. The first kappa shape index (κ1) is 20.2. The minimum absolute atomic E-state index is 0.00377. The van der Waals surface area contributed by atoms with Gasteiger partial charge in [0.05, 0.1) is 18.4 Å². The van der Waals surface area contributed by atoms with Gasteiger partial charge in [0.2, 0.25) is 0 Å². The first-order valence-corrected chi connectivity index (χ1v) is 9.39. The van der Waals surface area contributed by atoms with Crippen molar-refractivity contribution < 1.29 is 22.2 Å². The van der Waals surface area contributed by atoms with Crippen molar-refractivity contribution in [3.8, 4) is 11.4 Å². The van der Waals surface area contributed by atoms with Crippen molar-refractivity contribution in [1.29, 1.82) is 0 Å². The molecule has 0 aliphatic heterocycles. The van der Waals surface area contributed by atoms with Crippen LogP contribution in [0.15, 0.2) is 31.0 Å². The molecule has 30 heavy (non-hydrogen) atoms. The zero-order valence-electron chi connectivity index (χ0n) is 15.8. The molecule has 4 heterocycles. The molecule has 4 rings (SSSR count). The zero-order valence-corrected chi connectivity index (χ0v) is 16.6. The van der Waals surface area contributed by atoms with E-state index in [1.165, 1.54) is 30.2 Å². The fourth-order valence-electron chi connectivity index (χ4n) is 3.13. The monoisotopic (exact) mass is 436 g/mol. The number of halogens is 3. The van der Waals surface area contributed by atoms with E-state index in [4.69, 9.17) is 4.74 Å². The summed E-state index contributed by atoms with van der Waals surface area (Å²) in [5.74, 6) is -2.08. The van der Waals surface area contributed by atoms with Gasteiger partial charge >= 0.3 is 0 Å². The van der Waals surface area contributed by atoms with Gasteiger partial charge in [-0.05, 0) is 6.92 Å². The number of carbonyl (C=O) groups excluding carboxylic acids is 1. The minimum Gasteiger partial charge on any atom is -0.383 e. The molecular weight excluding hydrogens is 421 g/mol. The standard InChI is InChI=1S/C18H15F3N6O2S/c1-9(7-29-2)24-18(28)11-6-27(30-21)17-14(11)25-13(4-22-17)15-16-12(20)3-10(19)5-26(16)8-23-15/h3-6,8-9H,7H2,1-2H3,(H,24,28). The van der Waals surface area contributed by atoms with Crippen molar-refractivity contribution in [2.24, 2.45) is 0 Å². The Morgan fingerprint density at radius 2 is 2.13 bits per heavy atom. The Balaban J connectivity index is 1.83. The summed E-state index contributed by atoms with van der Waals surface area (Å²) < 4.78 is 48.4. The highest BCUT2D eigenvalue weighted by atomic mass is 32.2.